The average Bonchev–Trinajstić information content (AvgIpc) is 3.04. The maximum Gasteiger partial charge on any atom is 0.216 e. The highest BCUT2D eigenvalue weighted by atomic mass is 35.5. The molecule has 9 heteroatoms. The number of imidazole rings is 1. The zero-order valence-corrected chi connectivity index (χ0v) is 16.9. The van der Waals surface area contributed by atoms with Crippen molar-refractivity contribution < 1.29 is 18.7 Å². The van der Waals surface area contributed by atoms with Crippen molar-refractivity contribution in [2.24, 2.45) is 0 Å². The van der Waals surface area contributed by atoms with Crippen molar-refractivity contribution in [2.45, 2.75) is 13.5 Å². The molecule has 3 heterocycles. The van der Waals surface area contributed by atoms with E-state index >= 15 is 0 Å². The summed E-state index contributed by atoms with van der Waals surface area (Å²) in [4.78, 5) is 19.9. The van der Waals surface area contributed by atoms with E-state index in [9.17, 15) is 9.18 Å². The van der Waals surface area contributed by atoms with Crippen LogP contribution in [0.4, 0.5) is 4.39 Å². The molecule has 7 nitrogen and oxygen atoms in total. The molecule has 0 bridgehead atoms. The molecule has 0 amide bonds. The van der Waals surface area contributed by atoms with Gasteiger partial charge in [-0.15, -0.1) is 0 Å². The lowest BCUT2D eigenvalue weighted by Gasteiger charge is -2.26. The lowest BCUT2D eigenvalue weighted by atomic mass is 10.1. The van der Waals surface area contributed by atoms with Gasteiger partial charge in [0.2, 0.25) is 5.78 Å². The molecule has 1 fully saturated rings. The van der Waals surface area contributed by atoms with Crippen LogP contribution in [0.2, 0.25) is 5.15 Å². The molecule has 1 aromatic carbocycles. The van der Waals surface area contributed by atoms with E-state index in [2.05, 4.69) is 15.0 Å². The van der Waals surface area contributed by atoms with Crippen LogP contribution in [0.25, 0.3) is 5.65 Å². The van der Waals surface area contributed by atoms with Crippen molar-refractivity contribution in [1.82, 2.24) is 19.5 Å². The molecule has 0 unspecified atom stereocenters. The zero-order valence-electron chi connectivity index (χ0n) is 16.1. The molecule has 0 saturated carbocycles. The number of aryl methyl sites for hydroxylation is 1. The minimum absolute atomic E-state index is 0.0767. The highest BCUT2D eigenvalue weighted by Crippen LogP contribution is 2.24. The molecule has 0 spiro atoms. The number of nitrogens with zero attached hydrogens (tertiary/aromatic N) is 4. The van der Waals surface area contributed by atoms with Gasteiger partial charge in [0.15, 0.2) is 10.8 Å². The van der Waals surface area contributed by atoms with Crippen LogP contribution in [0.5, 0.6) is 5.75 Å². The maximum atomic E-state index is 14.5. The van der Waals surface area contributed by atoms with Gasteiger partial charge in [0, 0.05) is 31.3 Å². The number of aromatic nitrogens is 3. The second-order valence-electron chi connectivity index (χ2n) is 6.84. The first kappa shape index (κ1) is 19.8. The number of ether oxygens (including phenoxy) is 2. The van der Waals surface area contributed by atoms with Crippen LogP contribution in [0.1, 0.15) is 27.3 Å². The summed E-state index contributed by atoms with van der Waals surface area (Å²) in [5.74, 6) is -0.843. The summed E-state index contributed by atoms with van der Waals surface area (Å²) >= 11 is 6.24. The van der Waals surface area contributed by atoms with Crippen molar-refractivity contribution in [2.75, 3.05) is 33.4 Å². The van der Waals surface area contributed by atoms with Crippen molar-refractivity contribution in [3.8, 4) is 5.75 Å². The molecule has 152 valence electrons. The second kappa shape index (κ2) is 8.06. The highest BCUT2D eigenvalue weighted by Gasteiger charge is 2.25. The van der Waals surface area contributed by atoms with E-state index in [4.69, 9.17) is 21.1 Å². The Bertz CT molecular complexity index is 1080. The van der Waals surface area contributed by atoms with Gasteiger partial charge < -0.3 is 9.47 Å². The van der Waals surface area contributed by atoms with Gasteiger partial charge in [-0.2, -0.15) is 5.10 Å². The number of morpholine rings is 1. The summed E-state index contributed by atoms with van der Waals surface area (Å²) in [6.45, 7) is 5.25. The Kier molecular flexibility index (Phi) is 5.49. The number of hydrogen-bond donors (Lipinski definition) is 0. The molecular formula is C20H20ClFN4O3. The fourth-order valence-electron chi connectivity index (χ4n) is 3.47. The summed E-state index contributed by atoms with van der Waals surface area (Å²) in [5.41, 5.74) is 1.96. The minimum atomic E-state index is -0.667. The predicted molar refractivity (Wildman–Crippen MR) is 105 cm³/mol. The highest BCUT2D eigenvalue weighted by molar-refractivity contribution is 6.29. The number of rotatable bonds is 5. The standard InChI is InChI=1S/C20H20ClFN4O3/c1-12-18(19(27)15-4-3-14(28-2)10-16(15)22)26-20(23-12)13(9-17(21)24-26)11-25-5-7-29-8-6-25/h3-4,9-10H,5-8,11H2,1-2H3. The number of ketones is 1. The Morgan fingerprint density at radius 1 is 1.31 bits per heavy atom. The molecule has 1 aliphatic rings. The van der Waals surface area contributed by atoms with E-state index < -0.39 is 11.6 Å². The van der Waals surface area contributed by atoms with E-state index in [0.29, 0.717) is 36.8 Å². The van der Waals surface area contributed by atoms with Gasteiger partial charge in [-0.3, -0.25) is 9.69 Å². The van der Waals surface area contributed by atoms with Crippen LogP contribution in [0.15, 0.2) is 24.3 Å². The Morgan fingerprint density at radius 2 is 2.07 bits per heavy atom. The molecule has 0 N–H and O–H groups in total. The fraction of sp³-hybridized carbons (Fsp3) is 0.350. The van der Waals surface area contributed by atoms with Crippen LogP contribution in [0.3, 0.4) is 0 Å². The average molecular weight is 419 g/mol. The molecule has 1 aliphatic heterocycles. The van der Waals surface area contributed by atoms with Crippen molar-refractivity contribution in [3.05, 3.63) is 57.8 Å². The smallest absolute Gasteiger partial charge is 0.216 e. The van der Waals surface area contributed by atoms with Crippen LogP contribution < -0.4 is 4.74 Å². The first-order chi connectivity index (χ1) is 14.0. The molecule has 1 saturated heterocycles. The van der Waals surface area contributed by atoms with E-state index in [1.807, 2.05) is 0 Å². The Hall–Kier alpha value is -2.55. The number of hydrogen-bond acceptors (Lipinski definition) is 6. The number of halogens is 2. The zero-order chi connectivity index (χ0) is 20.5. The number of benzene rings is 1. The molecule has 29 heavy (non-hydrogen) atoms. The van der Waals surface area contributed by atoms with E-state index in [1.54, 1.807) is 19.1 Å². The van der Waals surface area contributed by atoms with Gasteiger partial charge in [0.25, 0.3) is 0 Å². The van der Waals surface area contributed by atoms with Gasteiger partial charge in [0.05, 0.1) is 31.6 Å². The third kappa shape index (κ3) is 3.83. The normalized spacial score (nSPS) is 15.0. The molecule has 0 atom stereocenters. The van der Waals surface area contributed by atoms with E-state index in [-0.39, 0.29) is 16.4 Å². The Balaban J connectivity index is 1.77. The number of methoxy groups -OCH3 is 1. The van der Waals surface area contributed by atoms with E-state index in [0.717, 1.165) is 18.7 Å². The van der Waals surface area contributed by atoms with Gasteiger partial charge in [0.1, 0.15) is 17.3 Å². The van der Waals surface area contributed by atoms with Gasteiger partial charge in [-0.25, -0.2) is 13.9 Å². The van der Waals surface area contributed by atoms with Crippen LogP contribution in [0, 0.1) is 12.7 Å². The lowest BCUT2D eigenvalue weighted by molar-refractivity contribution is 0.0343. The topological polar surface area (TPSA) is 69.0 Å². The van der Waals surface area contributed by atoms with E-state index in [1.165, 1.54) is 23.8 Å². The number of carbonyl (C=O) groups excluding carboxylic acids is 1. The van der Waals surface area contributed by atoms with Crippen LogP contribution in [-0.4, -0.2) is 58.7 Å². The van der Waals surface area contributed by atoms with Crippen LogP contribution in [-0.2, 0) is 11.3 Å². The summed E-state index contributed by atoms with van der Waals surface area (Å²) in [6.07, 6.45) is 0. The number of fused-ring (bicyclic) bond motifs is 1. The third-order valence-electron chi connectivity index (χ3n) is 4.94. The van der Waals surface area contributed by atoms with Crippen molar-refractivity contribution in [3.63, 3.8) is 0 Å². The largest absolute Gasteiger partial charge is 0.497 e. The molecule has 2 aromatic heterocycles. The first-order valence-electron chi connectivity index (χ1n) is 9.21. The summed E-state index contributed by atoms with van der Waals surface area (Å²) in [5, 5.41) is 4.51. The number of carbonyl (C=O) groups is 1. The maximum absolute atomic E-state index is 14.5. The third-order valence-corrected chi connectivity index (χ3v) is 5.12. The quantitative estimate of drug-likeness (QED) is 0.593. The molecule has 0 aliphatic carbocycles. The summed E-state index contributed by atoms with van der Waals surface area (Å²) in [6, 6.07) is 5.87. The van der Waals surface area contributed by atoms with Crippen LogP contribution >= 0.6 is 11.6 Å². The van der Waals surface area contributed by atoms with Gasteiger partial charge in [-0.05, 0) is 25.1 Å². The molecule has 0 radical (unpaired) electrons. The minimum Gasteiger partial charge on any atom is -0.497 e. The van der Waals surface area contributed by atoms with Crippen molar-refractivity contribution in [1.29, 1.82) is 0 Å². The van der Waals surface area contributed by atoms with Gasteiger partial charge in [-0.1, -0.05) is 11.6 Å². The van der Waals surface area contributed by atoms with Gasteiger partial charge >= 0.3 is 0 Å². The first-order valence-corrected chi connectivity index (χ1v) is 9.59. The molecule has 4 rings (SSSR count). The summed E-state index contributed by atoms with van der Waals surface area (Å²) in [7, 11) is 1.44. The van der Waals surface area contributed by atoms with Crippen molar-refractivity contribution >= 4 is 23.0 Å². The molecular weight excluding hydrogens is 399 g/mol. The SMILES string of the molecule is COc1ccc(C(=O)c2c(C)nc3c(CN4CCOCC4)cc(Cl)nn23)c(F)c1. The summed E-state index contributed by atoms with van der Waals surface area (Å²) < 4.78 is 26.3. The molecule has 3 aromatic rings. The fourth-order valence-corrected chi connectivity index (χ4v) is 3.68. The Labute approximate surface area is 172 Å². The Morgan fingerprint density at radius 3 is 2.76 bits per heavy atom. The predicted octanol–water partition coefficient (Wildman–Crippen LogP) is 2.90. The second-order valence-corrected chi connectivity index (χ2v) is 7.22. The monoisotopic (exact) mass is 418 g/mol. The lowest BCUT2D eigenvalue weighted by Crippen LogP contribution is -2.35.